The summed E-state index contributed by atoms with van der Waals surface area (Å²) in [6.07, 6.45) is 4.70. The number of nitrogens with zero attached hydrogens (tertiary/aromatic N) is 5. The van der Waals surface area contributed by atoms with Crippen molar-refractivity contribution in [2.45, 2.75) is 57.7 Å². The monoisotopic (exact) mass is 488 g/mol. The van der Waals surface area contributed by atoms with E-state index in [1.54, 1.807) is 4.90 Å². The summed E-state index contributed by atoms with van der Waals surface area (Å²) < 4.78 is 0. The van der Waals surface area contributed by atoms with E-state index in [9.17, 15) is 9.59 Å². The summed E-state index contributed by atoms with van der Waals surface area (Å²) in [6.45, 7) is 1.82. The van der Waals surface area contributed by atoms with Crippen LogP contribution in [-0.2, 0) is 16.1 Å². The minimum Gasteiger partial charge on any atom is -0.352 e. The summed E-state index contributed by atoms with van der Waals surface area (Å²) in [5, 5.41) is 19.7. The van der Waals surface area contributed by atoms with Crippen molar-refractivity contribution in [3.63, 3.8) is 0 Å². The normalized spacial score (nSPS) is 14.8. The predicted octanol–water partition coefficient (Wildman–Crippen LogP) is 4.43. The number of thiophene rings is 1. The second-order valence-corrected chi connectivity index (χ2v) is 9.74. The maximum atomic E-state index is 13.8. The van der Waals surface area contributed by atoms with Gasteiger partial charge in [-0.25, -0.2) is 0 Å². The molecule has 35 heavy (non-hydrogen) atoms. The number of benzene rings is 2. The largest absolute Gasteiger partial charge is 0.352 e. The first kappa shape index (κ1) is 23.2. The van der Waals surface area contributed by atoms with Crippen LogP contribution in [0.1, 0.15) is 39.0 Å². The van der Waals surface area contributed by atoms with Gasteiger partial charge in [0, 0.05) is 11.4 Å². The van der Waals surface area contributed by atoms with E-state index < -0.39 is 6.04 Å². The molecule has 180 valence electrons. The Morgan fingerprint density at radius 2 is 1.91 bits per heavy atom. The molecule has 2 aromatic carbocycles. The third kappa shape index (κ3) is 4.95. The highest BCUT2D eigenvalue weighted by molar-refractivity contribution is 7.13. The van der Waals surface area contributed by atoms with Crippen LogP contribution in [0.15, 0.2) is 60.0 Å². The molecule has 0 aliphatic heterocycles. The number of hydrogen-bond donors (Lipinski definition) is 1. The number of nitrogens with one attached hydrogen (secondary N) is 1. The molecule has 2 heterocycles. The van der Waals surface area contributed by atoms with Gasteiger partial charge >= 0.3 is 0 Å². The molecule has 4 aromatic rings. The average molecular weight is 489 g/mol. The summed E-state index contributed by atoms with van der Waals surface area (Å²) in [7, 11) is 0. The molecule has 2 aromatic heterocycles. The van der Waals surface area contributed by atoms with E-state index in [0.717, 1.165) is 41.3 Å². The number of tetrazole rings is 1. The third-order valence-electron chi connectivity index (χ3n) is 6.47. The van der Waals surface area contributed by atoms with Gasteiger partial charge in [0.2, 0.25) is 11.7 Å². The Bertz CT molecular complexity index is 1310. The zero-order valence-electron chi connectivity index (χ0n) is 19.6. The molecule has 1 atom stereocenters. The number of hydrogen-bond acceptors (Lipinski definition) is 6. The molecule has 0 saturated heterocycles. The number of fused-ring (bicyclic) bond motifs is 1. The molecule has 2 amide bonds. The van der Waals surface area contributed by atoms with Crippen molar-refractivity contribution >= 4 is 39.6 Å². The van der Waals surface area contributed by atoms with Crippen LogP contribution in [0, 0.1) is 0 Å². The molecule has 1 aliphatic rings. The van der Waals surface area contributed by atoms with E-state index in [1.807, 2.05) is 66.9 Å². The van der Waals surface area contributed by atoms with Crippen LogP contribution in [0.25, 0.3) is 21.5 Å². The molecule has 1 N–H and O–H groups in total. The zero-order chi connectivity index (χ0) is 24.2. The van der Waals surface area contributed by atoms with Gasteiger partial charge < -0.3 is 5.32 Å². The standard InChI is InChI=1S/C26H28N6O2S/c1-2-21(26(34)27-19-11-4-5-12-19)32(22-14-7-10-18-9-3-6-13-20(18)22)24(33)17-31-29-25(28-30-31)23-15-8-16-35-23/h3,6-10,13-16,19,21H,2,4-5,11-12,17H2,1H3,(H,27,34)/t21-/m0/s1. The number of aromatic nitrogens is 4. The molecule has 0 radical (unpaired) electrons. The van der Waals surface area contributed by atoms with Gasteiger partial charge in [-0.2, -0.15) is 4.80 Å². The first-order chi connectivity index (χ1) is 17.1. The molecule has 1 aliphatic carbocycles. The number of carbonyl (C=O) groups excluding carboxylic acids is 2. The number of anilines is 1. The summed E-state index contributed by atoms with van der Waals surface area (Å²) in [5.74, 6) is 0.104. The molecule has 0 bridgehead atoms. The van der Waals surface area contributed by atoms with Crippen LogP contribution in [0.2, 0.25) is 0 Å². The van der Waals surface area contributed by atoms with Gasteiger partial charge in [0.25, 0.3) is 5.91 Å². The lowest BCUT2D eigenvalue weighted by atomic mass is 10.0. The fraction of sp³-hybridized carbons (Fsp3) is 0.346. The lowest BCUT2D eigenvalue weighted by Gasteiger charge is -2.32. The molecule has 0 unspecified atom stereocenters. The summed E-state index contributed by atoms with van der Waals surface area (Å²) in [5.41, 5.74) is 0.708. The van der Waals surface area contributed by atoms with E-state index >= 15 is 0 Å². The quantitative estimate of drug-likeness (QED) is 0.396. The first-order valence-electron chi connectivity index (χ1n) is 12.1. The molecule has 1 saturated carbocycles. The highest BCUT2D eigenvalue weighted by Gasteiger charge is 2.33. The molecule has 0 spiro atoms. The van der Waals surface area contributed by atoms with E-state index in [4.69, 9.17) is 0 Å². The smallest absolute Gasteiger partial charge is 0.251 e. The van der Waals surface area contributed by atoms with Gasteiger partial charge in [-0.05, 0) is 47.4 Å². The molecule has 8 nitrogen and oxygen atoms in total. The zero-order valence-corrected chi connectivity index (χ0v) is 20.4. The van der Waals surface area contributed by atoms with Crippen molar-refractivity contribution in [1.29, 1.82) is 0 Å². The van der Waals surface area contributed by atoms with Crippen molar-refractivity contribution in [2.24, 2.45) is 0 Å². The predicted molar refractivity (Wildman–Crippen MR) is 137 cm³/mol. The van der Waals surface area contributed by atoms with Crippen LogP contribution >= 0.6 is 11.3 Å². The van der Waals surface area contributed by atoms with Gasteiger partial charge in [0.1, 0.15) is 12.6 Å². The average Bonchev–Trinajstić information content (AvgIpc) is 3.65. The summed E-state index contributed by atoms with van der Waals surface area (Å²) >= 11 is 1.51. The molecule has 1 fully saturated rings. The van der Waals surface area contributed by atoms with Crippen LogP contribution in [0.5, 0.6) is 0 Å². The van der Waals surface area contributed by atoms with Crippen molar-refractivity contribution in [3.05, 3.63) is 60.0 Å². The maximum Gasteiger partial charge on any atom is 0.251 e. The minimum absolute atomic E-state index is 0.116. The maximum absolute atomic E-state index is 13.8. The lowest BCUT2D eigenvalue weighted by molar-refractivity contribution is -0.127. The Morgan fingerprint density at radius 3 is 2.69 bits per heavy atom. The Balaban J connectivity index is 1.48. The minimum atomic E-state index is -0.644. The lowest BCUT2D eigenvalue weighted by Crippen LogP contribution is -2.52. The van der Waals surface area contributed by atoms with Gasteiger partial charge in [-0.15, -0.1) is 21.5 Å². The molecular weight excluding hydrogens is 460 g/mol. The van der Waals surface area contributed by atoms with Crippen molar-refractivity contribution in [2.75, 3.05) is 4.90 Å². The number of amides is 2. The van der Waals surface area contributed by atoms with E-state index in [1.165, 1.54) is 16.1 Å². The fourth-order valence-electron chi connectivity index (χ4n) is 4.76. The third-order valence-corrected chi connectivity index (χ3v) is 7.33. The first-order valence-corrected chi connectivity index (χ1v) is 12.9. The SMILES string of the molecule is CC[C@@H](C(=O)NC1CCCC1)N(C(=O)Cn1nnc(-c2cccs2)n1)c1cccc2ccccc12. The Morgan fingerprint density at radius 1 is 1.11 bits per heavy atom. The highest BCUT2D eigenvalue weighted by Crippen LogP contribution is 2.30. The summed E-state index contributed by atoms with van der Waals surface area (Å²) in [4.78, 5) is 31.1. The molecule has 9 heteroatoms. The van der Waals surface area contributed by atoms with Gasteiger partial charge in [-0.3, -0.25) is 14.5 Å². The highest BCUT2D eigenvalue weighted by atomic mass is 32.1. The van der Waals surface area contributed by atoms with Crippen molar-refractivity contribution < 1.29 is 9.59 Å². The van der Waals surface area contributed by atoms with Crippen LogP contribution in [0.4, 0.5) is 5.69 Å². The van der Waals surface area contributed by atoms with Crippen molar-refractivity contribution in [1.82, 2.24) is 25.5 Å². The van der Waals surface area contributed by atoms with E-state index in [0.29, 0.717) is 17.9 Å². The fourth-order valence-corrected chi connectivity index (χ4v) is 5.41. The van der Waals surface area contributed by atoms with Crippen LogP contribution < -0.4 is 10.2 Å². The second-order valence-electron chi connectivity index (χ2n) is 8.80. The molecular formula is C26H28N6O2S. The van der Waals surface area contributed by atoms with Crippen LogP contribution in [-0.4, -0.2) is 44.1 Å². The van der Waals surface area contributed by atoms with Gasteiger partial charge in [0.15, 0.2) is 0 Å². The van der Waals surface area contributed by atoms with Crippen molar-refractivity contribution in [3.8, 4) is 10.7 Å². The Labute approximate surface area is 207 Å². The number of carbonyl (C=O) groups is 2. The second kappa shape index (κ2) is 10.4. The van der Waals surface area contributed by atoms with Gasteiger partial charge in [0.05, 0.1) is 10.6 Å². The summed E-state index contributed by atoms with van der Waals surface area (Å²) in [6, 6.07) is 17.1. The van der Waals surface area contributed by atoms with E-state index in [-0.39, 0.29) is 24.4 Å². The molecule has 5 rings (SSSR count). The van der Waals surface area contributed by atoms with Crippen LogP contribution in [0.3, 0.4) is 0 Å². The topological polar surface area (TPSA) is 93.0 Å². The number of rotatable bonds is 8. The van der Waals surface area contributed by atoms with E-state index in [2.05, 4.69) is 20.7 Å². The van der Waals surface area contributed by atoms with Gasteiger partial charge in [-0.1, -0.05) is 62.2 Å². The Kier molecular flexibility index (Phi) is 6.85. The Hall–Kier alpha value is -3.59.